The van der Waals surface area contributed by atoms with E-state index in [2.05, 4.69) is 15.0 Å². The number of nitrogen functional groups attached to an aromatic ring is 1. The molecule has 4 N–H and O–H groups in total. The predicted molar refractivity (Wildman–Crippen MR) is 98.4 cm³/mol. The maximum absolute atomic E-state index is 12.6. The Morgan fingerprint density at radius 2 is 1.93 bits per heavy atom. The molecule has 0 spiro atoms. The summed E-state index contributed by atoms with van der Waals surface area (Å²) in [7, 11) is -1.43. The van der Waals surface area contributed by atoms with Crippen molar-refractivity contribution in [3.8, 4) is 0 Å². The highest BCUT2D eigenvalue weighted by Gasteiger charge is 2.45. The van der Waals surface area contributed by atoms with Gasteiger partial charge < -0.3 is 20.7 Å². The molecule has 3 heterocycles. The Bertz CT molecular complexity index is 998. The molecule has 0 saturated carbocycles. The number of nitrogens with two attached hydrogens (primary N) is 1. The lowest BCUT2D eigenvalue weighted by Gasteiger charge is -2.16. The average molecular weight is 410 g/mol. The minimum atomic E-state index is -1.43. The van der Waals surface area contributed by atoms with Gasteiger partial charge in [-0.05, 0) is 24.3 Å². The van der Waals surface area contributed by atoms with Gasteiger partial charge in [0.15, 0.2) is 17.7 Å². The SMILES string of the molecule is Nc1ncnc2c1ncn2[C@@H]1O[C@H](CS(=O)c2ccc(Cl)cc2)[C@@H](O)[C@H]1O. The summed E-state index contributed by atoms with van der Waals surface area (Å²) >= 11 is 5.84. The zero-order valence-electron chi connectivity index (χ0n) is 13.8. The second kappa shape index (κ2) is 7.13. The standard InChI is InChI=1S/C16H16ClN5O4S/c17-8-1-3-9(4-2-8)27(25)5-10-12(23)13(24)16(26-10)22-7-21-11-14(18)19-6-20-15(11)22/h1-4,6-7,10,12-13,16,23-24H,5H2,(H2,18,19,20)/t10-,12-,13-,16-,27?/m1/s1. The summed E-state index contributed by atoms with van der Waals surface area (Å²) in [6, 6.07) is 6.58. The van der Waals surface area contributed by atoms with Crippen molar-refractivity contribution < 1.29 is 19.2 Å². The van der Waals surface area contributed by atoms with E-state index in [9.17, 15) is 14.4 Å². The molecule has 4 rings (SSSR count). The van der Waals surface area contributed by atoms with E-state index in [-0.39, 0.29) is 11.6 Å². The van der Waals surface area contributed by atoms with Crippen LogP contribution in [0.25, 0.3) is 11.2 Å². The molecule has 142 valence electrons. The van der Waals surface area contributed by atoms with Crippen LogP contribution in [0.4, 0.5) is 5.82 Å². The number of halogens is 1. The molecule has 1 saturated heterocycles. The number of ether oxygens (including phenoxy) is 1. The molecular weight excluding hydrogens is 394 g/mol. The van der Waals surface area contributed by atoms with E-state index >= 15 is 0 Å². The maximum atomic E-state index is 12.6. The third-order valence-corrected chi connectivity index (χ3v) is 6.07. The normalized spacial score (nSPS) is 26.5. The number of hydrogen-bond donors (Lipinski definition) is 3. The van der Waals surface area contributed by atoms with Gasteiger partial charge in [-0.2, -0.15) is 0 Å². The van der Waals surface area contributed by atoms with Crippen LogP contribution in [0, 0.1) is 0 Å². The lowest BCUT2D eigenvalue weighted by Crippen LogP contribution is -2.34. The number of rotatable bonds is 4. The number of nitrogens with zero attached hydrogens (tertiary/aromatic N) is 4. The lowest BCUT2D eigenvalue weighted by atomic mass is 10.1. The van der Waals surface area contributed by atoms with Gasteiger partial charge in [0.25, 0.3) is 0 Å². The van der Waals surface area contributed by atoms with Crippen LogP contribution in [0.2, 0.25) is 5.02 Å². The van der Waals surface area contributed by atoms with Gasteiger partial charge in [0.1, 0.15) is 30.2 Å². The Hall–Kier alpha value is -2.11. The Morgan fingerprint density at radius 3 is 2.67 bits per heavy atom. The van der Waals surface area contributed by atoms with Gasteiger partial charge in [0.2, 0.25) is 0 Å². The van der Waals surface area contributed by atoms with Crippen LogP contribution in [0.5, 0.6) is 0 Å². The quantitative estimate of drug-likeness (QED) is 0.566. The van der Waals surface area contributed by atoms with Crippen LogP contribution in [-0.2, 0) is 15.5 Å². The summed E-state index contributed by atoms with van der Waals surface area (Å²) in [6.07, 6.45) is -1.55. The molecule has 27 heavy (non-hydrogen) atoms. The van der Waals surface area contributed by atoms with E-state index in [0.29, 0.717) is 21.1 Å². The van der Waals surface area contributed by atoms with E-state index in [1.807, 2.05) is 0 Å². The van der Waals surface area contributed by atoms with E-state index in [4.69, 9.17) is 22.1 Å². The number of aromatic nitrogens is 4. The molecule has 3 aromatic rings. The molecule has 0 aliphatic carbocycles. The van der Waals surface area contributed by atoms with E-state index in [1.165, 1.54) is 17.2 Å². The van der Waals surface area contributed by atoms with Crippen LogP contribution in [0.15, 0.2) is 41.8 Å². The fourth-order valence-electron chi connectivity index (χ4n) is 2.98. The first-order valence-electron chi connectivity index (χ1n) is 8.04. The summed E-state index contributed by atoms with van der Waals surface area (Å²) in [5.74, 6) is 0.215. The summed E-state index contributed by atoms with van der Waals surface area (Å²) in [5.41, 5.74) is 6.51. The van der Waals surface area contributed by atoms with Crippen LogP contribution < -0.4 is 5.73 Å². The molecule has 5 atom stereocenters. The molecule has 1 unspecified atom stereocenters. The fraction of sp³-hybridized carbons (Fsp3) is 0.312. The minimum absolute atomic E-state index is 0.0140. The van der Waals surface area contributed by atoms with Gasteiger partial charge in [0, 0.05) is 9.92 Å². The first-order valence-corrected chi connectivity index (χ1v) is 9.74. The van der Waals surface area contributed by atoms with Gasteiger partial charge in [-0.3, -0.25) is 8.78 Å². The smallest absolute Gasteiger partial charge is 0.167 e. The number of aliphatic hydroxyl groups excluding tert-OH is 2. The zero-order valence-corrected chi connectivity index (χ0v) is 15.4. The number of imidazole rings is 1. The molecule has 0 bridgehead atoms. The third-order valence-electron chi connectivity index (χ3n) is 4.39. The Balaban J connectivity index is 1.56. The van der Waals surface area contributed by atoms with Crippen molar-refractivity contribution in [2.45, 2.75) is 29.4 Å². The van der Waals surface area contributed by atoms with Crippen molar-refractivity contribution in [2.24, 2.45) is 0 Å². The molecular formula is C16H16ClN5O4S. The molecule has 1 aliphatic rings. The highest BCUT2D eigenvalue weighted by atomic mass is 35.5. The summed E-state index contributed by atoms with van der Waals surface area (Å²) in [5, 5.41) is 21.3. The zero-order chi connectivity index (χ0) is 19.1. The molecule has 0 radical (unpaired) electrons. The number of aliphatic hydroxyl groups is 2. The highest BCUT2D eigenvalue weighted by Crippen LogP contribution is 2.32. The largest absolute Gasteiger partial charge is 0.387 e. The Labute approximate surface area is 161 Å². The van der Waals surface area contributed by atoms with Crippen molar-refractivity contribution in [2.75, 3.05) is 11.5 Å². The monoisotopic (exact) mass is 409 g/mol. The lowest BCUT2D eigenvalue weighted by molar-refractivity contribution is -0.0290. The highest BCUT2D eigenvalue weighted by molar-refractivity contribution is 7.85. The van der Waals surface area contributed by atoms with Crippen molar-refractivity contribution in [1.29, 1.82) is 0 Å². The summed E-state index contributed by atoms with van der Waals surface area (Å²) < 4.78 is 19.8. The second-order valence-corrected chi connectivity index (χ2v) is 8.03. The van der Waals surface area contributed by atoms with Crippen molar-refractivity contribution in [3.63, 3.8) is 0 Å². The molecule has 9 nitrogen and oxygen atoms in total. The van der Waals surface area contributed by atoms with E-state index < -0.39 is 35.3 Å². The fourth-order valence-corrected chi connectivity index (χ4v) is 4.32. The first kappa shape index (κ1) is 18.3. The van der Waals surface area contributed by atoms with E-state index in [0.717, 1.165) is 0 Å². The van der Waals surface area contributed by atoms with Crippen LogP contribution in [0.3, 0.4) is 0 Å². The van der Waals surface area contributed by atoms with Gasteiger partial charge in [-0.1, -0.05) is 11.6 Å². The van der Waals surface area contributed by atoms with Gasteiger partial charge >= 0.3 is 0 Å². The van der Waals surface area contributed by atoms with Crippen molar-refractivity contribution in [3.05, 3.63) is 41.9 Å². The number of hydrogen-bond acceptors (Lipinski definition) is 8. The van der Waals surface area contributed by atoms with Crippen LogP contribution >= 0.6 is 11.6 Å². The Morgan fingerprint density at radius 1 is 1.19 bits per heavy atom. The molecule has 1 fully saturated rings. The van der Waals surface area contributed by atoms with Gasteiger partial charge in [-0.15, -0.1) is 0 Å². The van der Waals surface area contributed by atoms with Gasteiger partial charge in [-0.25, -0.2) is 15.0 Å². The van der Waals surface area contributed by atoms with Gasteiger partial charge in [0.05, 0.1) is 22.9 Å². The molecule has 2 aromatic heterocycles. The molecule has 1 aromatic carbocycles. The summed E-state index contributed by atoms with van der Waals surface area (Å²) in [4.78, 5) is 12.7. The average Bonchev–Trinajstić information content (AvgIpc) is 3.20. The van der Waals surface area contributed by atoms with E-state index in [1.54, 1.807) is 24.3 Å². The molecule has 1 aliphatic heterocycles. The minimum Gasteiger partial charge on any atom is -0.387 e. The molecule has 0 amide bonds. The van der Waals surface area contributed by atoms with Crippen LogP contribution in [0.1, 0.15) is 6.23 Å². The first-order chi connectivity index (χ1) is 13.0. The number of fused-ring (bicyclic) bond motifs is 1. The topological polar surface area (TPSA) is 136 Å². The number of benzene rings is 1. The van der Waals surface area contributed by atoms with Crippen molar-refractivity contribution >= 4 is 39.4 Å². The Kier molecular flexibility index (Phi) is 4.82. The van der Waals surface area contributed by atoms with Crippen molar-refractivity contribution in [1.82, 2.24) is 19.5 Å². The molecule has 11 heteroatoms. The summed E-state index contributed by atoms with van der Waals surface area (Å²) in [6.45, 7) is 0. The second-order valence-electron chi connectivity index (χ2n) is 6.10. The number of anilines is 1. The predicted octanol–water partition coefficient (Wildman–Crippen LogP) is 0.489. The maximum Gasteiger partial charge on any atom is 0.167 e. The third kappa shape index (κ3) is 3.30. The van der Waals surface area contributed by atoms with Crippen LogP contribution in [-0.4, -0.2) is 58.0 Å².